The van der Waals surface area contributed by atoms with Crippen molar-refractivity contribution in [1.29, 1.82) is 0 Å². The molecule has 1 amide bonds. The van der Waals surface area contributed by atoms with E-state index in [0.717, 1.165) is 0 Å². The Morgan fingerprint density at radius 2 is 1.82 bits per heavy atom. The van der Waals surface area contributed by atoms with Gasteiger partial charge in [0.15, 0.2) is 11.5 Å². The minimum absolute atomic E-state index is 0.112. The second-order valence-corrected chi connectivity index (χ2v) is 6.36. The van der Waals surface area contributed by atoms with E-state index < -0.39 is 23.5 Å². The predicted molar refractivity (Wildman–Crippen MR) is 103 cm³/mol. The number of esters is 1. The first kappa shape index (κ1) is 21.2. The number of nitrogens with one attached hydrogen (secondary N) is 1. The number of fused-ring (bicyclic) bond motifs is 1. The van der Waals surface area contributed by atoms with Crippen molar-refractivity contribution in [3.05, 3.63) is 28.8 Å². The van der Waals surface area contributed by atoms with E-state index >= 15 is 0 Å². The van der Waals surface area contributed by atoms with E-state index in [9.17, 15) is 14.4 Å². The lowest BCUT2D eigenvalue weighted by atomic mass is 9.99. The average molecular weight is 391 g/mol. The van der Waals surface area contributed by atoms with E-state index in [0.29, 0.717) is 28.8 Å². The molecule has 1 heterocycles. The highest BCUT2D eigenvalue weighted by molar-refractivity contribution is 5.85. The van der Waals surface area contributed by atoms with Crippen LogP contribution >= 0.6 is 0 Å². The van der Waals surface area contributed by atoms with Gasteiger partial charge in [0.2, 0.25) is 5.91 Å². The highest BCUT2D eigenvalue weighted by atomic mass is 16.5. The molecular formula is C19H25N3O6. The van der Waals surface area contributed by atoms with Crippen molar-refractivity contribution < 1.29 is 23.8 Å². The van der Waals surface area contributed by atoms with E-state index in [2.05, 4.69) is 10.3 Å². The summed E-state index contributed by atoms with van der Waals surface area (Å²) in [7, 11) is 4.22. The molecule has 1 N–H and O–H groups in total. The number of nitrogens with zero attached hydrogens (tertiary/aromatic N) is 2. The lowest BCUT2D eigenvalue weighted by molar-refractivity contribution is -0.146. The third kappa shape index (κ3) is 4.41. The standard InChI is InChI=1S/C19H25N3O6/c1-6-11(2)17(19(25)28-5)21-16(23)9-22-10-20-13-8-15(27-4)14(26-3)7-12(13)18(22)24/h7-8,10-11,17H,6,9H2,1-5H3,(H,21,23)/t11?,17-/m0/s1. The van der Waals surface area contributed by atoms with Crippen molar-refractivity contribution in [3.8, 4) is 11.5 Å². The number of aromatic nitrogens is 2. The van der Waals surface area contributed by atoms with Crippen molar-refractivity contribution in [2.45, 2.75) is 32.9 Å². The number of rotatable bonds is 8. The normalized spacial score (nSPS) is 12.9. The summed E-state index contributed by atoms with van der Waals surface area (Å²) in [4.78, 5) is 41.3. The van der Waals surface area contributed by atoms with E-state index in [1.165, 1.54) is 38.3 Å². The summed E-state index contributed by atoms with van der Waals surface area (Å²) in [5.41, 5.74) is 0.0191. The zero-order chi connectivity index (χ0) is 20.8. The molecule has 2 aromatic rings. The number of amides is 1. The zero-order valence-corrected chi connectivity index (χ0v) is 16.6. The molecule has 0 aliphatic rings. The highest BCUT2D eigenvalue weighted by Gasteiger charge is 2.26. The van der Waals surface area contributed by atoms with Crippen molar-refractivity contribution in [1.82, 2.24) is 14.9 Å². The molecule has 0 radical (unpaired) electrons. The van der Waals surface area contributed by atoms with Crippen LogP contribution in [-0.4, -0.2) is 48.8 Å². The quantitative estimate of drug-likeness (QED) is 0.672. The Bertz CT molecular complexity index is 924. The third-order valence-corrected chi connectivity index (χ3v) is 4.63. The topological polar surface area (TPSA) is 109 Å². The smallest absolute Gasteiger partial charge is 0.328 e. The first-order chi connectivity index (χ1) is 13.4. The first-order valence-corrected chi connectivity index (χ1v) is 8.84. The highest BCUT2D eigenvalue weighted by Crippen LogP contribution is 2.29. The molecule has 0 aliphatic carbocycles. The average Bonchev–Trinajstić information content (AvgIpc) is 2.71. The van der Waals surface area contributed by atoms with Gasteiger partial charge in [-0.2, -0.15) is 0 Å². The van der Waals surface area contributed by atoms with E-state index in [1.807, 2.05) is 13.8 Å². The van der Waals surface area contributed by atoms with E-state index in [4.69, 9.17) is 14.2 Å². The van der Waals surface area contributed by atoms with E-state index in [1.54, 1.807) is 6.07 Å². The fourth-order valence-electron chi connectivity index (χ4n) is 2.77. The monoisotopic (exact) mass is 391 g/mol. The summed E-state index contributed by atoms with van der Waals surface area (Å²) >= 11 is 0. The van der Waals surface area contributed by atoms with Gasteiger partial charge in [-0.15, -0.1) is 0 Å². The van der Waals surface area contributed by atoms with Gasteiger partial charge >= 0.3 is 5.97 Å². The van der Waals surface area contributed by atoms with Gasteiger partial charge in [-0.1, -0.05) is 20.3 Å². The molecule has 1 aromatic carbocycles. The number of methoxy groups -OCH3 is 3. The minimum atomic E-state index is -0.782. The minimum Gasteiger partial charge on any atom is -0.493 e. The second kappa shape index (κ2) is 9.20. The van der Waals surface area contributed by atoms with Crippen LogP contribution in [0.2, 0.25) is 0 Å². The molecule has 2 rings (SSSR count). The van der Waals surface area contributed by atoms with Crippen LogP contribution in [-0.2, 0) is 20.9 Å². The third-order valence-electron chi connectivity index (χ3n) is 4.63. The van der Waals surface area contributed by atoms with Gasteiger partial charge < -0.3 is 19.5 Å². The van der Waals surface area contributed by atoms with E-state index in [-0.39, 0.29) is 12.5 Å². The largest absolute Gasteiger partial charge is 0.493 e. The molecule has 2 atom stereocenters. The van der Waals surface area contributed by atoms with Gasteiger partial charge in [0.1, 0.15) is 12.6 Å². The molecule has 9 heteroatoms. The molecule has 9 nitrogen and oxygen atoms in total. The molecule has 0 fully saturated rings. The fraction of sp³-hybridized carbons (Fsp3) is 0.474. The Kier molecular flexibility index (Phi) is 6.97. The van der Waals surface area contributed by atoms with Crippen molar-refractivity contribution >= 4 is 22.8 Å². The van der Waals surface area contributed by atoms with Crippen LogP contribution in [0.25, 0.3) is 10.9 Å². The van der Waals surface area contributed by atoms with Crippen LogP contribution in [0, 0.1) is 5.92 Å². The second-order valence-electron chi connectivity index (χ2n) is 6.36. The first-order valence-electron chi connectivity index (χ1n) is 8.84. The van der Waals surface area contributed by atoms with Crippen molar-refractivity contribution in [2.75, 3.05) is 21.3 Å². The Balaban J connectivity index is 2.30. The SMILES string of the molecule is CCC(C)[C@H](NC(=O)Cn1cnc2cc(OC)c(OC)cc2c1=O)C(=O)OC. The Labute approximate surface area is 162 Å². The number of carbonyl (C=O) groups excluding carboxylic acids is 2. The maximum Gasteiger partial charge on any atom is 0.328 e. The predicted octanol–water partition coefficient (Wildman–Crippen LogP) is 1.12. The lowest BCUT2D eigenvalue weighted by Crippen LogP contribution is -2.47. The Hall–Kier alpha value is -3.10. The van der Waals surface area contributed by atoms with Crippen LogP contribution in [0.1, 0.15) is 20.3 Å². The molecule has 0 bridgehead atoms. The molecular weight excluding hydrogens is 366 g/mol. The molecule has 0 spiro atoms. The molecule has 0 saturated heterocycles. The Morgan fingerprint density at radius 1 is 1.18 bits per heavy atom. The zero-order valence-electron chi connectivity index (χ0n) is 16.6. The molecule has 28 heavy (non-hydrogen) atoms. The molecule has 0 aliphatic heterocycles. The molecule has 0 saturated carbocycles. The Morgan fingerprint density at radius 3 is 2.39 bits per heavy atom. The lowest BCUT2D eigenvalue weighted by Gasteiger charge is -2.22. The van der Waals surface area contributed by atoms with Crippen molar-refractivity contribution in [2.24, 2.45) is 5.92 Å². The summed E-state index contributed by atoms with van der Waals surface area (Å²) in [6, 6.07) is 2.33. The van der Waals surface area contributed by atoms with Crippen molar-refractivity contribution in [3.63, 3.8) is 0 Å². The maximum absolute atomic E-state index is 12.8. The molecule has 152 valence electrons. The van der Waals surface area contributed by atoms with Crippen LogP contribution in [0.3, 0.4) is 0 Å². The summed E-state index contributed by atoms with van der Waals surface area (Å²) < 4.78 is 16.4. The summed E-state index contributed by atoms with van der Waals surface area (Å²) in [5.74, 6) is -0.284. The van der Waals surface area contributed by atoms with Gasteiger partial charge in [0.25, 0.3) is 5.56 Å². The maximum atomic E-state index is 12.8. The molecule has 1 aromatic heterocycles. The number of ether oxygens (including phenoxy) is 3. The van der Waals surface area contributed by atoms with Gasteiger partial charge in [0, 0.05) is 6.07 Å². The summed E-state index contributed by atoms with van der Waals surface area (Å²) in [6.07, 6.45) is 1.96. The number of hydrogen-bond donors (Lipinski definition) is 1. The summed E-state index contributed by atoms with van der Waals surface area (Å²) in [6.45, 7) is 3.47. The number of benzene rings is 1. The van der Waals surface area contributed by atoms with Gasteiger partial charge in [-0.05, 0) is 12.0 Å². The van der Waals surface area contributed by atoms with Crippen LogP contribution in [0.5, 0.6) is 11.5 Å². The van der Waals surface area contributed by atoms with Crippen LogP contribution in [0.4, 0.5) is 0 Å². The van der Waals surface area contributed by atoms with Crippen LogP contribution < -0.4 is 20.3 Å². The molecule has 1 unspecified atom stereocenters. The van der Waals surface area contributed by atoms with Gasteiger partial charge in [-0.25, -0.2) is 9.78 Å². The van der Waals surface area contributed by atoms with Crippen LogP contribution in [0.15, 0.2) is 23.3 Å². The van der Waals surface area contributed by atoms with Gasteiger partial charge in [-0.3, -0.25) is 14.2 Å². The van der Waals surface area contributed by atoms with Gasteiger partial charge in [0.05, 0.1) is 38.6 Å². The number of hydrogen-bond acceptors (Lipinski definition) is 7. The summed E-state index contributed by atoms with van der Waals surface area (Å²) in [5, 5.41) is 2.93. The fourth-order valence-corrected chi connectivity index (χ4v) is 2.77. The number of carbonyl (C=O) groups is 2.